The number of pyridine rings is 1. The summed E-state index contributed by atoms with van der Waals surface area (Å²) in [5.41, 5.74) is 4.31. The standard InChI is InChI=1S/C23H26N4O/c28-23(14-18-15-25-21-9-5-4-8-20(18)21)27-19-10-11-22(26-16-19)24-13-12-17-6-2-1-3-7-17/h4-6,8-11,15-16,25H,1-3,7,12-14H2,(H,24,26)(H,27,28). The van der Waals surface area contributed by atoms with Crippen molar-refractivity contribution in [3.8, 4) is 0 Å². The second-order valence-corrected chi connectivity index (χ2v) is 7.30. The van der Waals surface area contributed by atoms with E-state index < -0.39 is 0 Å². The molecule has 144 valence electrons. The third-order valence-corrected chi connectivity index (χ3v) is 5.21. The lowest BCUT2D eigenvalue weighted by Crippen LogP contribution is -2.14. The van der Waals surface area contributed by atoms with Crippen molar-refractivity contribution in [2.45, 2.75) is 38.5 Å². The van der Waals surface area contributed by atoms with Crippen molar-refractivity contribution in [3.05, 3.63) is 66.0 Å². The summed E-state index contributed by atoms with van der Waals surface area (Å²) in [5.74, 6) is 0.794. The van der Waals surface area contributed by atoms with Crippen molar-refractivity contribution in [2.75, 3.05) is 17.2 Å². The number of carbonyl (C=O) groups excluding carboxylic acids is 1. The van der Waals surface area contributed by atoms with E-state index in [1.165, 1.54) is 25.7 Å². The number of nitrogens with one attached hydrogen (secondary N) is 3. The van der Waals surface area contributed by atoms with E-state index in [-0.39, 0.29) is 5.91 Å². The van der Waals surface area contributed by atoms with E-state index in [2.05, 4.69) is 26.7 Å². The van der Waals surface area contributed by atoms with Crippen LogP contribution in [0.5, 0.6) is 0 Å². The van der Waals surface area contributed by atoms with E-state index in [9.17, 15) is 4.79 Å². The quantitative estimate of drug-likeness (QED) is 0.507. The zero-order chi connectivity index (χ0) is 19.2. The first kappa shape index (κ1) is 18.3. The van der Waals surface area contributed by atoms with Crippen LogP contribution in [0.3, 0.4) is 0 Å². The fourth-order valence-electron chi connectivity index (χ4n) is 3.71. The fraction of sp³-hybridized carbons (Fsp3) is 0.304. The third kappa shape index (κ3) is 4.60. The van der Waals surface area contributed by atoms with Crippen LogP contribution in [0.2, 0.25) is 0 Å². The van der Waals surface area contributed by atoms with Crippen molar-refractivity contribution in [2.24, 2.45) is 0 Å². The molecule has 2 heterocycles. The molecule has 0 atom stereocenters. The lowest BCUT2D eigenvalue weighted by atomic mass is 9.97. The molecule has 0 spiro atoms. The number of amides is 1. The van der Waals surface area contributed by atoms with E-state index in [0.29, 0.717) is 12.1 Å². The van der Waals surface area contributed by atoms with Crippen molar-refractivity contribution in [1.29, 1.82) is 0 Å². The summed E-state index contributed by atoms with van der Waals surface area (Å²) < 4.78 is 0. The molecule has 1 aliphatic rings. The topological polar surface area (TPSA) is 69.8 Å². The molecular weight excluding hydrogens is 348 g/mol. The maximum absolute atomic E-state index is 12.4. The van der Waals surface area contributed by atoms with Crippen LogP contribution in [0.25, 0.3) is 10.9 Å². The van der Waals surface area contributed by atoms with Gasteiger partial charge in [-0.25, -0.2) is 4.98 Å². The number of para-hydroxylation sites is 1. The molecule has 0 saturated heterocycles. The molecule has 1 aromatic carbocycles. The predicted octanol–water partition coefficient (Wildman–Crippen LogP) is 5.05. The lowest BCUT2D eigenvalue weighted by molar-refractivity contribution is -0.115. The number of rotatable bonds is 7. The van der Waals surface area contributed by atoms with Gasteiger partial charge in [-0.2, -0.15) is 0 Å². The molecule has 0 saturated carbocycles. The van der Waals surface area contributed by atoms with Crippen molar-refractivity contribution >= 4 is 28.3 Å². The van der Waals surface area contributed by atoms with Crippen LogP contribution in [-0.2, 0) is 11.2 Å². The first-order valence-electron chi connectivity index (χ1n) is 10.0. The van der Waals surface area contributed by atoms with Gasteiger partial charge in [0, 0.05) is 23.6 Å². The largest absolute Gasteiger partial charge is 0.370 e. The van der Waals surface area contributed by atoms with Gasteiger partial charge < -0.3 is 15.6 Å². The summed E-state index contributed by atoms with van der Waals surface area (Å²) in [7, 11) is 0. The molecule has 0 fully saturated rings. The Morgan fingerprint density at radius 1 is 1.14 bits per heavy atom. The zero-order valence-electron chi connectivity index (χ0n) is 16.0. The Hall–Kier alpha value is -3.08. The van der Waals surface area contributed by atoms with Crippen LogP contribution in [-0.4, -0.2) is 22.4 Å². The van der Waals surface area contributed by atoms with Crippen LogP contribution in [0.1, 0.15) is 37.7 Å². The molecule has 5 heteroatoms. The Labute approximate surface area is 165 Å². The molecule has 2 aromatic heterocycles. The summed E-state index contributed by atoms with van der Waals surface area (Å²) in [4.78, 5) is 20.0. The highest BCUT2D eigenvalue weighted by atomic mass is 16.1. The second kappa shape index (κ2) is 8.74. The number of hydrogen-bond acceptors (Lipinski definition) is 3. The smallest absolute Gasteiger partial charge is 0.228 e. The van der Waals surface area contributed by atoms with Gasteiger partial charge in [-0.15, -0.1) is 0 Å². The molecule has 1 amide bonds. The summed E-state index contributed by atoms with van der Waals surface area (Å²) in [6.45, 7) is 0.894. The van der Waals surface area contributed by atoms with Gasteiger partial charge >= 0.3 is 0 Å². The SMILES string of the molecule is O=C(Cc1c[nH]c2ccccc12)Nc1ccc(NCCC2=CCCCC2)nc1. The maximum Gasteiger partial charge on any atom is 0.228 e. The van der Waals surface area contributed by atoms with Gasteiger partial charge in [0.05, 0.1) is 18.3 Å². The molecule has 0 bridgehead atoms. The van der Waals surface area contributed by atoms with Crippen LogP contribution < -0.4 is 10.6 Å². The zero-order valence-corrected chi connectivity index (χ0v) is 16.0. The number of nitrogens with zero attached hydrogens (tertiary/aromatic N) is 1. The minimum Gasteiger partial charge on any atom is -0.370 e. The third-order valence-electron chi connectivity index (χ3n) is 5.21. The highest BCUT2D eigenvalue weighted by Gasteiger charge is 2.09. The Balaban J connectivity index is 1.27. The fourth-order valence-corrected chi connectivity index (χ4v) is 3.71. The van der Waals surface area contributed by atoms with Crippen molar-refractivity contribution in [1.82, 2.24) is 9.97 Å². The average Bonchev–Trinajstić information content (AvgIpc) is 3.13. The first-order chi connectivity index (χ1) is 13.8. The van der Waals surface area contributed by atoms with Gasteiger partial charge in [-0.05, 0) is 55.9 Å². The Bertz CT molecular complexity index is 972. The number of carbonyl (C=O) groups is 1. The monoisotopic (exact) mass is 374 g/mol. The number of benzene rings is 1. The van der Waals surface area contributed by atoms with Gasteiger partial charge in [-0.3, -0.25) is 4.79 Å². The first-order valence-corrected chi connectivity index (χ1v) is 10.0. The van der Waals surface area contributed by atoms with Gasteiger partial charge in [0.25, 0.3) is 0 Å². The molecule has 0 aliphatic heterocycles. The number of anilines is 2. The van der Waals surface area contributed by atoms with E-state index in [4.69, 9.17) is 0 Å². The summed E-state index contributed by atoms with van der Waals surface area (Å²) >= 11 is 0. The molecular formula is C23H26N4O. The highest BCUT2D eigenvalue weighted by Crippen LogP contribution is 2.21. The summed E-state index contributed by atoms with van der Waals surface area (Å²) in [6, 6.07) is 11.8. The van der Waals surface area contributed by atoms with Crippen LogP contribution >= 0.6 is 0 Å². The predicted molar refractivity (Wildman–Crippen MR) is 115 cm³/mol. The Morgan fingerprint density at radius 2 is 2.07 bits per heavy atom. The molecule has 1 aliphatic carbocycles. The number of allylic oxidation sites excluding steroid dienone is 1. The van der Waals surface area contributed by atoms with Crippen LogP contribution in [0.4, 0.5) is 11.5 Å². The van der Waals surface area contributed by atoms with Crippen LogP contribution in [0.15, 0.2) is 60.4 Å². The van der Waals surface area contributed by atoms with Gasteiger partial charge in [0.15, 0.2) is 0 Å². The molecule has 0 radical (unpaired) electrons. The molecule has 5 nitrogen and oxygen atoms in total. The molecule has 0 unspecified atom stereocenters. The lowest BCUT2D eigenvalue weighted by Gasteiger charge is -2.13. The molecule has 4 rings (SSSR count). The number of aromatic nitrogens is 2. The minimum atomic E-state index is -0.0449. The van der Waals surface area contributed by atoms with Crippen molar-refractivity contribution < 1.29 is 4.79 Å². The highest BCUT2D eigenvalue weighted by molar-refractivity contribution is 5.95. The summed E-state index contributed by atoms with van der Waals surface area (Å²) in [5, 5.41) is 7.37. The van der Waals surface area contributed by atoms with E-state index in [1.54, 1.807) is 11.8 Å². The van der Waals surface area contributed by atoms with Gasteiger partial charge in [0.1, 0.15) is 5.82 Å². The minimum absolute atomic E-state index is 0.0449. The number of hydrogen-bond donors (Lipinski definition) is 3. The summed E-state index contributed by atoms with van der Waals surface area (Å²) in [6.07, 6.45) is 12.5. The number of fused-ring (bicyclic) bond motifs is 1. The molecule has 3 N–H and O–H groups in total. The Kier molecular flexibility index (Phi) is 5.71. The van der Waals surface area contributed by atoms with E-state index in [1.807, 2.05) is 42.6 Å². The maximum atomic E-state index is 12.4. The number of aromatic amines is 1. The molecule has 3 aromatic rings. The average molecular weight is 374 g/mol. The van der Waals surface area contributed by atoms with Crippen molar-refractivity contribution in [3.63, 3.8) is 0 Å². The molecule has 28 heavy (non-hydrogen) atoms. The van der Waals surface area contributed by atoms with Gasteiger partial charge in [-0.1, -0.05) is 29.8 Å². The van der Waals surface area contributed by atoms with Crippen LogP contribution in [0, 0.1) is 0 Å². The normalized spacial score (nSPS) is 13.9. The van der Waals surface area contributed by atoms with E-state index in [0.717, 1.165) is 35.2 Å². The number of H-pyrrole nitrogens is 1. The van der Waals surface area contributed by atoms with E-state index >= 15 is 0 Å². The van der Waals surface area contributed by atoms with Gasteiger partial charge in [0.2, 0.25) is 5.91 Å². The Morgan fingerprint density at radius 3 is 2.89 bits per heavy atom. The second-order valence-electron chi connectivity index (χ2n) is 7.30.